The lowest BCUT2D eigenvalue weighted by Crippen LogP contribution is -2.66. The van der Waals surface area contributed by atoms with Crippen molar-refractivity contribution in [2.24, 2.45) is 0 Å². The first kappa shape index (κ1) is 17.8. The summed E-state index contributed by atoms with van der Waals surface area (Å²) in [4.78, 5) is 33.6. The van der Waals surface area contributed by atoms with Crippen LogP contribution in [0.5, 0.6) is 5.75 Å². The van der Waals surface area contributed by atoms with Gasteiger partial charge < -0.3 is 19.5 Å². The Bertz CT molecular complexity index is 1140. The molecule has 0 bridgehead atoms. The van der Waals surface area contributed by atoms with E-state index in [1.807, 2.05) is 49.4 Å². The average Bonchev–Trinajstić information content (AvgIpc) is 3.12. The Morgan fingerprint density at radius 3 is 2.69 bits per heavy atom. The van der Waals surface area contributed by atoms with Crippen molar-refractivity contribution in [2.45, 2.75) is 25.4 Å². The van der Waals surface area contributed by atoms with Crippen molar-refractivity contribution in [1.82, 2.24) is 14.8 Å². The number of methoxy groups -OCH3 is 1. The summed E-state index contributed by atoms with van der Waals surface area (Å²) in [6, 6.07) is 15.7. The molecule has 6 heteroatoms. The topological polar surface area (TPSA) is 65.6 Å². The third kappa shape index (κ3) is 2.48. The molecule has 1 saturated heterocycles. The number of hydrogen-bond donors (Lipinski definition) is 1. The van der Waals surface area contributed by atoms with E-state index in [1.54, 1.807) is 16.9 Å². The summed E-state index contributed by atoms with van der Waals surface area (Å²) in [6.45, 7) is 2.85. The van der Waals surface area contributed by atoms with Gasteiger partial charge in [0.2, 0.25) is 5.91 Å². The number of para-hydroxylation sites is 2. The van der Waals surface area contributed by atoms with Gasteiger partial charge >= 0.3 is 0 Å². The summed E-state index contributed by atoms with van der Waals surface area (Å²) in [6.07, 6.45) is 0.750. The second kappa shape index (κ2) is 6.37. The summed E-state index contributed by atoms with van der Waals surface area (Å²) in [5, 5.41) is 1.13. The van der Waals surface area contributed by atoms with Gasteiger partial charge in [-0.3, -0.25) is 9.59 Å². The van der Waals surface area contributed by atoms with E-state index in [4.69, 9.17) is 4.74 Å². The standard InChI is InChI=1S/C23H23N3O3/c1-23-21-17(16-8-4-5-9-18(16)24-21)11-12-26(23)20(27)14-25(22(23)28)13-15-7-3-6-10-19(15)29-2/h3-10,24H,11-14H2,1-2H3/t23-/m1/s1. The predicted molar refractivity (Wildman–Crippen MR) is 109 cm³/mol. The molecule has 5 rings (SSSR count). The molecule has 1 N–H and O–H groups in total. The largest absolute Gasteiger partial charge is 0.496 e. The molecule has 0 radical (unpaired) electrons. The molecule has 2 aromatic carbocycles. The minimum atomic E-state index is -1.02. The van der Waals surface area contributed by atoms with Crippen LogP contribution in [0.3, 0.4) is 0 Å². The van der Waals surface area contributed by atoms with Gasteiger partial charge in [0.05, 0.1) is 12.8 Å². The van der Waals surface area contributed by atoms with Crippen molar-refractivity contribution in [3.8, 4) is 5.75 Å². The van der Waals surface area contributed by atoms with Crippen molar-refractivity contribution in [1.29, 1.82) is 0 Å². The van der Waals surface area contributed by atoms with Crippen LogP contribution < -0.4 is 4.74 Å². The lowest BCUT2D eigenvalue weighted by atomic mass is 9.83. The molecule has 0 aliphatic carbocycles. The fourth-order valence-electron chi connectivity index (χ4n) is 4.85. The highest BCUT2D eigenvalue weighted by Gasteiger charge is 2.54. The molecule has 2 aliphatic rings. The minimum Gasteiger partial charge on any atom is -0.496 e. The maximum Gasteiger partial charge on any atom is 0.255 e. The van der Waals surface area contributed by atoms with Crippen LogP contribution in [0.2, 0.25) is 0 Å². The van der Waals surface area contributed by atoms with Crippen molar-refractivity contribution in [2.75, 3.05) is 20.2 Å². The van der Waals surface area contributed by atoms with Gasteiger partial charge in [0, 0.05) is 29.6 Å². The van der Waals surface area contributed by atoms with Crippen LogP contribution in [0.1, 0.15) is 23.7 Å². The molecule has 3 heterocycles. The number of fused-ring (bicyclic) bond motifs is 5. The lowest BCUT2D eigenvalue weighted by Gasteiger charge is -2.49. The number of nitrogens with one attached hydrogen (secondary N) is 1. The molecule has 3 aromatic rings. The Labute approximate surface area is 169 Å². The van der Waals surface area contributed by atoms with Crippen LogP contribution in [0.15, 0.2) is 48.5 Å². The van der Waals surface area contributed by atoms with Gasteiger partial charge in [-0.25, -0.2) is 0 Å². The number of carbonyl (C=O) groups is 2. The second-order valence-electron chi connectivity index (χ2n) is 7.86. The van der Waals surface area contributed by atoms with Gasteiger partial charge in [-0.05, 0) is 31.0 Å². The van der Waals surface area contributed by atoms with Gasteiger partial charge in [0.15, 0.2) is 5.54 Å². The Kier molecular flexibility index (Phi) is 3.91. The normalized spacial score (nSPS) is 21.3. The third-order valence-electron chi connectivity index (χ3n) is 6.31. The molecule has 2 aliphatic heterocycles. The van der Waals surface area contributed by atoms with Crippen LogP contribution >= 0.6 is 0 Å². The number of benzene rings is 2. The van der Waals surface area contributed by atoms with E-state index in [0.29, 0.717) is 13.1 Å². The number of aromatic nitrogens is 1. The minimum absolute atomic E-state index is 0.0219. The molecule has 6 nitrogen and oxygen atoms in total. The fraction of sp³-hybridized carbons (Fsp3) is 0.304. The summed E-state index contributed by atoms with van der Waals surface area (Å²) >= 11 is 0. The third-order valence-corrected chi connectivity index (χ3v) is 6.31. The average molecular weight is 389 g/mol. The number of rotatable bonds is 3. The molecule has 0 saturated carbocycles. The molecule has 148 valence electrons. The van der Waals surface area contributed by atoms with E-state index in [0.717, 1.165) is 39.9 Å². The molecule has 2 amide bonds. The smallest absolute Gasteiger partial charge is 0.255 e. The number of hydrogen-bond acceptors (Lipinski definition) is 3. The van der Waals surface area contributed by atoms with E-state index in [2.05, 4.69) is 11.1 Å². The number of amides is 2. The Hall–Kier alpha value is -3.28. The number of carbonyl (C=O) groups excluding carboxylic acids is 2. The van der Waals surface area contributed by atoms with Gasteiger partial charge in [0.25, 0.3) is 5.91 Å². The molecule has 29 heavy (non-hydrogen) atoms. The Balaban J connectivity index is 1.59. The van der Waals surface area contributed by atoms with Crippen LogP contribution in [0.25, 0.3) is 10.9 Å². The maximum atomic E-state index is 13.7. The second-order valence-corrected chi connectivity index (χ2v) is 7.86. The van der Waals surface area contributed by atoms with Gasteiger partial charge in [-0.2, -0.15) is 0 Å². The SMILES string of the molecule is COc1ccccc1CN1CC(=O)N2CCc3c([nH]c4ccccc34)[C@]2(C)C1=O. The number of piperazine rings is 1. The van der Waals surface area contributed by atoms with Crippen molar-refractivity contribution < 1.29 is 14.3 Å². The van der Waals surface area contributed by atoms with Gasteiger partial charge in [-0.15, -0.1) is 0 Å². The summed E-state index contributed by atoms with van der Waals surface area (Å²) in [7, 11) is 1.61. The monoisotopic (exact) mass is 389 g/mol. The summed E-state index contributed by atoms with van der Waals surface area (Å²) in [5.41, 5.74) is 2.85. The first-order valence-electron chi connectivity index (χ1n) is 9.86. The maximum absolute atomic E-state index is 13.7. The molecule has 0 spiro atoms. The zero-order chi connectivity index (χ0) is 20.2. The van der Waals surface area contributed by atoms with Crippen LogP contribution in [0, 0.1) is 0 Å². The number of nitrogens with zero attached hydrogens (tertiary/aromatic N) is 2. The molecular weight excluding hydrogens is 366 g/mol. The Morgan fingerprint density at radius 2 is 1.86 bits per heavy atom. The first-order valence-corrected chi connectivity index (χ1v) is 9.86. The Morgan fingerprint density at radius 1 is 1.10 bits per heavy atom. The van der Waals surface area contributed by atoms with Gasteiger partial charge in [-0.1, -0.05) is 36.4 Å². The highest BCUT2D eigenvalue weighted by Crippen LogP contribution is 2.42. The van der Waals surface area contributed by atoms with Gasteiger partial charge in [0.1, 0.15) is 12.3 Å². The zero-order valence-corrected chi connectivity index (χ0v) is 16.6. The lowest BCUT2D eigenvalue weighted by molar-refractivity contribution is -0.166. The molecule has 0 unspecified atom stereocenters. The van der Waals surface area contributed by atoms with E-state index in [1.165, 1.54) is 0 Å². The number of ether oxygens (including phenoxy) is 1. The van der Waals surface area contributed by atoms with E-state index < -0.39 is 5.54 Å². The van der Waals surface area contributed by atoms with E-state index >= 15 is 0 Å². The fourth-order valence-corrected chi connectivity index (χ4v) is 4.85. The van der Waals surface area contributed by atoms with Crippen LogP contribution in [-0.2, 0) is 28.1 Å². The number of H-pyrrole nitrogens is 1. The number of aromatic amines is 1. The highest BCUT2D eigenvalue weighted by atomic mass is 16.5. The van der Waals surface area contributed by atoms with Crippen molar-refractivity contribution in [3.05, 3.63) is 65.4 Å². The zero-order valence-electron chi connectivity index (χ0n) is 16.6. The molecular formula is C23H23N3O3. The highest BCUT2D eigenvalue weighted by molar-refractivity contribution is 6.00. The van der Waals surface area contributed by atoms with E-state index in [-0.39, 0.29) is 18.4 Å². The molecule has 1 aromatic heterocycles. The summed E-state index contributed by atoms with van der Waals surface area (Å²) < 4.78 is 5.44. The van der Waals surface area contributed by atoms with E-state index in [9.17, 15) is 9.59 Å². The molecule has 1 fully saturated rings. The van der Waals surface area contributed by atoms with Crippen molar-refractivity contribution >= 4 is 22.7 Å². The molecule has 1 atom stereocenters. The summed E-state index contributed by atoms with van der Waals surface area (Å²) in [5.74, 6) is 0.636. The van der Waals surface area contributed by atoms with Crippen molar-refractivity contribution in [3.63, 3.8) is 0 Å². The quantitative estimate of drug-likeness (QED) is 0.749. The van der Waals surface area contributed by atoms with Crippen LogP contribution in [0.4, 0.5) is 0 Å². The predicted octanol–water partition coefficient (Wildman–Crippen LogP) is 2.82. The van der Waals surface area contributed by atoms with Crippen LogP contribution in [-0.4, -0.2) is 46.8 Å². The first-order chi connectivity index (χ1) is 14.0.